The van der Waals surface area contributed by atoms with Crippen molar-refractivity contribution in [2.24, 2.45) is 13.0 Å². The summed E-state index contributed by atoms with van der Waals surface area (Å²) in [5.41, 5.74) is 0.430. The molecule has 7 heteroatoms. The minimum atomic E-state index is -0.498. The Labute approximate surface area is 143 Å². The van der Waals surface area contributed by atoms with Crippen LogP contribution in [0.15, 0.2) is 12.4 Å². The third-order valence-electron chi connectivity index (χ3n) is 3.92. The Morgan fingerprint density at radius 1 is 1.42 bits per heavy atom. The molecule has 0 bridgehead atoms. The van der Waals surface area contributed by atoms with E-state index in [0.717, 1.165) is 24.9 Å². The fraction of sp³-hybridized carbons (Fsp3) is 0.706. The summed E-state index contributed by atoms with van der Waals surface area (Å²) in [7, 11) is 1.84. The molecular weight excluding hydrogens is 308 g/mol. The molecule has 1 N–H and O–H groups in total. The maximum atomic E-state index is 12.4. The number of ether oxygens (including phenoxy) is 1. The van der Waals surface area contributed by atoms with Crippen molar-refractivity contribution in [2.45, 2.75) is 45.6 Å². The Kier molecular flexibility index (Phi) is 5.85. The predicted octanol–water partition coefficient (Wildman–Crippen LogP) is 1.73. The second kappa shape index (κ2) is 7.68. The number of aryl methyl sites for hydroxylation is 1. The largest absolute Gasteiger partial charge is 0.444 e. The number of nitrogens with one attached hydrogen (secondary N) is 1. The zero-order valence-electron chi connectivity index (χ0n) is 15.0. The van der Waals surface area contributed by atoms with Crippen molar-refractivity contribution in [1.82, 2.24) is 20.0 Å². The lowest BCUT2D eigenvalue weighted by Gasteiger charge is -2.33. The number of likely N-dealkylation sites (tertiary alicyclic amines) is 1. The van der Waals surface area contributed by atoms with Crippen molar-refractivity contribution in [3.8, 4) is 0 Å². The molecule has 2 rings (SSSR count). The molecule has 2 amide bonds. The lowest BCUT2D eigenvalue weighted by Crippen LogP contribution is -2.44. The molecule has 1 aliphatic rings. The molecule has 1 atom stereocenters. The summed E-state index contributed by atoms with van der Waals surface area (Å²) in [5.74, 6) is 0.383. The van der Waals surface area contributed by atoms with Crippen LogP contribution in [-0.4, -0.2) is 51.9 Å². The summed E-state index contributed by atoms with van der Waals surface area (Å²) in [6, 6.07) is 0. The summed E-state index contributed by atoms with van der Waals surface area (Å²) in [4.78, 5) is 26.0. The van der Waals surface area contributed by atoms with E-state index in [9.17, 15) is 9.59 Å². The van der Waals surface area contributed by atoms with Gasteiger partial charge in [0.2, 0.25) is 5.91 Å². The zero-order valence-corrected chi connectivity index (χ0v) is 15.0. The van der Waals surface area contributed by atoms with E-state index in [-0.39, 0.29) is 11.8 Å². The minimum Gasteiger partial charge on any atom is -0.444 e. The van der Waals surface area contributed by atoms with Gasteiger partial charge in [0, 0.05) is 32.9 Å². The lowest BCUT2D eigenvalue weighted by atomic mass is 9.97. The summed E-state index contributed by atoms with van der Waals surface area (Å²) in [6.07, 6.45) is 5.53. The first kappa shape index (κ1) is 18.3. The highest BCUT2D eigenvalue weighted by atomic mass is 16.6. The first-order chi connectivity index (χ1) is 11.2. The van der Waals surface area contributed by atoms with Gasteiger partial charge in [0.05, 0.1) is 12.6 Å². The smallest absolute Gasteiger partial charge is 0.407 e. The second-order valence-electron chi connectivity index (χ2n) is 7.43. The average molecular weight is 336 g/mol. The fourth-order valence-electron chi connectivity index (χ4n) is 2.85. The maximum absolute atomic E-state index is 12.4. The second-order valence-corrected chi connectivity index (χ2v) is 7.43. The van der Waals surface area contributed by atoms with Gasteiger partial charge in [0.1, 0.15) is 5.60 Å². The number of aromatic nitrogens is 2. The van der Waals surface area contributed by atoms with Crippen LogP contribution in [-0.2, 0) is 23.0 Å². The number of alkyl carbamates (subject to hydrolysis) is 1. The molecule has 1 fully saturated rings. The molecule has 1 aromatic heterocycles. The third-order valence-corrected chi connectivity index (χ3v) is 3.92. The number of hydrogen-bond donors (Lipinski definition) is 1. The Bertz CT molecular complexity index is 577. The first-order valence-corrected chi connectivity index (χ1v) is 8.45. The Balaban J connectivity index is 1.78. The number of carbonyl (C=O) groups excluding carboxylic acids is 2. The van der Waals surface area contributed by atoms with Crippen LogP contribution in [0.5, 0.6) is 0 Å². The van der Waals surface area contributed by atoms with Gasteiger partial charge in [0.25, 0.3) is 0 Å². The molecule has 0 aliphatic carbocycles. The highest BCUT2D eigenvalue weighted by molar-refractivity contribution is 5.78. The van der Waals surface area contributed by atoms with Crippen molar-refractivity contribution in [3.63, 3.8) is 0 Å². The van der Waals surface area contributed by atoms with E-state index in [1.165, 1.54) is 0 Å². The number of piperidine rings is 1. The number of rotatable bonds is 4. The van der Waals surface area contributed by atoms with E-state index in [1.54, 1.807) is 10.9 Å². The van der Waals surface area contributed by atoms with Gasteiger partial charge >= 0.3 is 6.09 Å². The average Bonchev–Trinajstić information content (AvgIpc) is 2.89. The summed E-state index contributed by atoms with van der Waals surface area (Å²) < 4.78 is 6.95. The summed E-state index contributed by atoms with van der Waals surface area (Å²) in [5, 5.41) is 6.90. The molecule has 0 saturated carbocycles. The van der Waals surface area contributed by atoms with Crippen LogP contribution >= 0.6 is 0 Å². The van der Waals surface area contributed by atoms with Crippen LogP contribution in [0.25, 0.3) is 0 Å². The quantitative estimate of drug-likeness (QED) is 0.908. The summed E-state index contributed by atoms with van der Waals surface area (Å²) in [6.45, 7) is 7.51. The van der Waals surface area contributed by atoms with Gasteiger partial charge in [-0.3, -0.25) is 9.48 Å². The van der Waals surface area contributed by atoms with Gasteiger partial charge in [-0.2, -0.15) is 5.10 Å². The minimum absolute atomic E-state index is 0.116. The van der Waals surface area contributed by atoms with Gasteiger partial charge < -0.3 is 15.0 Å². The molecule has 0 aromatic carbocycles. The van der Waals surface area contributed by atoms with Crippen molar-refractivity contribution in [1.29, 1.82) is 0 Å². The van der Waals surface area contributed by atoms with Gasteiger partial charge in [-0.05, 0) is 45.1 Å². The van der Waals surface area contributed by atoms with E-state index in [0.29, 0.717) is 19.5 Å². The van der Waals surface area contributed by atoms with E-state index in [2.05, 4.69) is 10.4 Å². The van der Waals surface area contributed by atoms with Crippen molar-refractivity contribution < 1.29 is 14.3 Å². The number of carbonyl (C=O) groups is 2. The SMILES string of the molecule is Cn1cc(CC(=O)N2CCCC(CNC(=O)OC(C)(C)C)C2)cn1. The zero-order chi connectivity index (χ0) is 17.7. The fourth-order valence-corrected chi connectivity index (χ4v) is 2.85. The monoisotopic (exact) mass is 336 g/mol. The van der Waals surface area contributed by atoms with Crippen LogP contribution in [0, 0.1) is 5.92 Å². The highest BCUT2D eigenvalue weighted by Crippen LogP contribution is 2.17. The van der Waals surface area contributed by atoms with Crippen LogP contribution in [0.1, 0.15) is 39.2 Å². The van der Waals surface area contributed by atoms with Crippen molar-refractivity contribution in [2.75, 3.05) is 19.6 Å². The molecule has 7 nitrogen and oxygen atoms in total. The Hall–Kier alpha value is -2.05. The van der Waals surface area contributed by atoms with Crippen LogP contribution < -0.4 is 5.32 Å². The Morgan fingerprint density at radius 2 is 2.17 bits per heavy atom. The number of amides is 2. The number of nitrogens with zero attached hydrogens (tertiary/aromatic N) is 3. The van der Waals surface area contributed by atoms with Crippen molar-refractivity contribution >= 4 is 12.0 Å². The van der Waals surface area contributed by atoms with E-state index in [4.69, 9.17) is 4.74 Å². The van der Waals surface area contributed by atoms with Crippen LogP contribution in [0.4, 0.5) is 4.79 Å². The topological polar surface area (TPSA) is 76.5 Å². The third kappa shape index (κ3) is 5.86. The first-order valence-electron chi connectivity index (χ1n) is 8.45. The highest BCUT2D eigenvalue weighted by Gasteiger charge is 2.25. The number of hydrogen-bond acceptors (Lipinski definition) is 4. The lowest BCUT2D eigenvalue weighted by molar-refractivity contribution is -0.132. The van der Waals surface area contributed by atoms with Gasteiger partial charge in [-0.25, -0.2) is 4.79 Å². The van der Waals surface area contributed by atoms with Gasteiger partial charge in [0.15, 0.2) is 0 Å². The van der Waals surface area contributed by atoms with E-state index in [1.807, 2.05) is 38.9 Å². The molecule has 2 heterocycles. The summed E-state index contributed by atoms with van der Waals surface area (Å²) >= 11 is 0. The Morgan fingerprint density at radius 3 is 2.79 bits per heavy atom. The standard InChI is InChI=1S/C17H28N4O3/c1-17(2,3)24-16(23)18-9-13-6-5-7-21(12-13)15(22)8-14-10-19-20(4)11-14/h10-11,13H,5-9,12H2,1-4H3,(H,18,23). The van der Waals surface area contributed by atoms with E-state index >= 15 is 0 Å². The molecule has 0 spiro atoms. The molecule has 134 valence electrons. The molecule has 1 aliphatic heterocycles. The van der Waals surface area contributed by atoms with Gasteiger partial charge in [-0.15, -0.1) is 0 Å². The van der Waals surface area contributed by atoms with Crippen LogP contribution in [0.3, 0.4) is 0 Å². The molecular formula is C17H28N4O3. The molecule has 1 saturated heterocycles. The predicted molar refractivity (Wildman–Crippen MR) is 90.5 cm³/mol. The molecule has 1 unspecified atom stereocenters. The van der Waals surface area contributed by atoms with Crippen LogP contribution in [0.2, 0.25) is 0 Å². The van der Waals surface area contributed by atoms with E-state index < -0.39 is 11.7 Å². The molecule has 24 heavy (non-hydrogen) atoms. The molecule has 1 aromatic rings. The van der Waals surface area contributed by atoms with Crippen molar-refractivity contribution in [3.05, 3.63) is 18.0 Å². The normalized spacial score (nSPS) is 18.3. The molecule has 0 radical (unpaired) electrons. The van der Waals surface area contributed by atoms with Gasteiger partial charge in [-0.1, -0.05) is 0 Å². The maximum Gasteiger partial charge on any atom is 0.407 e.